The lowest BCUT2D eigenvalue weighted by Gasteiger charge is -2.21. The number of hydrogen-bond donors (Lipinski definition) is 4. The highest BCUT2D eigenvalue weighted by Crippen LogP contribution is 2.32. The second-order valence-electron chi connectivity index (χ2n) is 6.04. The van der Waals surface area contributed by atoms with E-state index < -0.39 is 35.7 Å². The van der Waals surface area contributed by atoms with Crippen LogP contribution >= 0.6 is 0 Å². The zero-order valence-corrected chi connectivity index (χ0v) is 13.3. The van der Waals surface area contributed by atoms with Crippen molar-refractivity contribution in [2.45, 2.75) is 38.1 Å². The van der Waals surface area contributed by atoms with Crippen molar-refractivity contribution in [2.75, 3.05) is 0 Å². The number of rotatable bonds is 7. The van der Waals surface area contributed by atoms with Gasteiger partial charge in [0.05, 0.1) is 11.8 Å². The number of carboxylic acids is 1. The fraction of sp³-hybridized carbons (Fsp3) is 0.471. The number of carbonyl (C=O) groups excluding carboxylic acids is 2. The van der Waals surface area contributed by atoms with Gasteiger partial charge < -0.3 is 10.4 Å². The minimum absolute atomic E-state index is 0.312. The number of carbonyl (C=O) groups is 3. The monoisotopic (exact) mass is 334 g/mol. The van der Waals surface area contributed by atoms with Crippen LogP contribution < -0.4 is 10.8 Å². The van der Waals surface area contributed by atoms with Crippen molar-refractivity contribution in [1.82, 2.24) is 10.8 Å². The summed E-state index contributed by atoms with van der Waals surface area (Å²) in [5.41, 5.74) is 2.57. The van der Waals surface area contributed by atoms with Gasteiger partial charge in [0, 0.05) is 0 Å². The van der Waals surface area contributed by atoms with E-state index in [1.807, 2.05) is 30.3 Å². The standard InChI is InChI=1S/C17H22N2O5/c20-15(12-7-4-8-13(12)17(22)23)18-14(16(21)19-24)10-9-11-5-2-1-3-6-11/h1-3,5-6,12-14,24H,4,7-10H2,(H,18,20)(H,19,21)(H,22,23)/t12-,13+,14?/m0/s1. The van der Waals surface area contributed by atoms with Gasteiger partial charge in [-0.15, -0.1) is 0 Å². The van der Waals surface area contributed by atoms with E-state index in [1.54, 1.807) is 5.48 Å². The van der Waals surface area contributed by atoms with Crippen molar-refractivity contribution >= 4 is 17.8 Å². The molecule has 1 fully saturated rings. The van der Waals surface area contributed by atoms with Crippen LogP contribution in [0.25, 0.3) is 0 Å². The molecule has 2 amide bonds. The Morgan fingerprint density at radius 1 is 1.12 bits per heavy atom. The van der Waals surface area contributed by atoms with Gasteiger partial charge >= 0.3 is 5.97 Å². The Hall–Kier alpha value is -2.41. The van der Waals surface area contributed by atoms with E-state index >= 15 is 0 Å². The molecule has 0 aromatic heterocycles. The average Bonchev–Trinajstić information content (AvgIpc) is 3.08. The normalized spacial score (nSPS) is 21.0. The molecule has 7 nitrogen and oxygen atoms in total. The third-order valence-corrected chi connectivity index (χ3v) is 4.48. The molecule has 1 unspecified atom stereocenters. The minimum Gasteiger partial charge on any atom is -0.481 e. The molecule has 0 saturated heterocycles. The molecule has 1 aliphatic carbocycles. The third kappa shape index (κ3) is 4.55. The predicted molar refractivity (Wildman–Crippen MR) is 85.1 cm³/mol. The van der Waals surface area contributed by atoms with Crippen LogP contribution in [-0.2, 0) is 20.8 Å². The predicted octanol–water partition coefficient (Wildman–Crippen LogP) is 1.11. The summed E-state index contributed by atoms with van der Waals surface area (Å²) in [4.78, 5) is 35.4. The van der Waals surface area contributed by atoms with E-state index in [9.17, 15) is 19.5 Å². The van der Waals surface area contributed by atoms with Crippen molar-refractivity contribution in [3.8, 4) is 0 Å². The summed E-state index contributed by atoms with van der Waals surface area (Å²) in [5.74, 6) is -3.48. The molecular formula is C17H22N2O5. The molecule has 0 radical (unpaired) electrons. The first-order valence-corrected chi connectivity index (χ1v) is 8.04. The smallest absolute Gasteiger partial charge is 0.307 e. The van der Waals surface area contributed by atoms with Gasteiger partial charge in [0.25, 0.3) is 5.91 Å². The molecular weight excluding hydrogens is 312 g/mol. The molecule has 3 atom stereocenters. The molecule has 1 aromatic carbocycles. The second kappa shape index (κ2) is 8.44. The summed E-state index contributed by atoms with van der Waals surface area (Å²) < 4.78 is 0. The fourth-order valence-corrected chi connectivity index (χ4v) is 3.15. The van der Waals surface area contributed by atoms with E-state index in [-0.39, 0.29) is 0 Å². The van der Waals surface area contributed by atoms with Crippen LogP contribution in [0.4, 0.5) is 0 Å². The fourth-order valence-electron chi connectivity index (χ4n) is 3.15. The molecule has 0 spiro atoms. The highest BCUT2D eigenvalue weighted by molar-refractivity contribution is 5.90. The maximum Gasteiger partial charge on any atom is 0.307 e. The number of nitrogens with one attached hydrogen (secondary N) is 2. The lowest BCUT2D eigenvalue weighted by atomic mass is 9.94. The van der Waals surface area contributed by atoms with E-state index in [0.717, 1.165) is 5.56 Å². The molecule has 24 heavy (non-hydrogen) atoms. The van der Waals surface area contributed by atoms with Crippen LogP contribution in [0.15, 0.2) is 30.3 Å². The van der Waals surface area contributed by atoms with Gasteiger partial charge in [-0.05, 0) is 31.2 Å². The lowest BCUT2D eigenvalue weighted by molar-refractivity contribution is -0.146. The van der Waals surface area contributed by atoms with Crippen LogP contribution in [0.3, 0.4) is 0 Å². The van der Waals surface area contributed by atoms with E-state index in [4.69, 9.17) is 5.21 Å². The van der Waals surface area contributed by atoms with Gasteiger partial charge in [-0.25, -0.2) is 5.48 Å². The number of benzene rings is 1. The van der Waals surface area contributed by atoms with Gasteiger partial charge in [0.1, 0.15) is 6.04 Å². The summed E-state index contributed by atoms with van der Waals surface area (Å²) >= 11 is 0. The Morgan fingerprint density at radius 2 is 1.79 bits per heavy atom. The first-order chi connectivity index (χ1) is 11.5. The van der Waals surface area contributed by atoms with Crippen LogP contribution in [0.5, 0.6) is 0 Å². The van der Waals surface area contributed by atoms with Crippen LogP contribution in [0, 0.1) is 11.8 Å². The van der Waals surface area contributed by atoms with Crippen molar-refractivity contribution in [1.29, 1.82) is 0 Å². The van der Waals surface area contributed by atoms with Crippen LogP contribution in [-0.4, -0.2) is 34.1 Å². The second-order valence-corrected chi connectivity index (χ2v) is 6.04. The zero-order chi connectivity index (χ0) is 17.5. The number of aliphatic carboxylic acids is 1. The number of hydrogen-bond acceptors (Lipinski definition) is 4. The molecule has 1 aromatic rings. The Kier molecular flexibility index (Phi) is 6.31. The van der Waals surface area contributed by atoms with Crippen molar-refractivity contribution < 1.29 is 24.7 Å². The molecule has 4 N–H and O–H groups in total. The molecule has 0 heterocycles. The Balaban J connectivity index is 1.99. The maximum atomic E-state index is 12.4. The van der Waals surface area contributed by atoms with Gasteiger partial charge in [-0.2, -0.15) is 0 Å². The Labute approximate surface area is 140 Å². The van der Waals surface area contributed by atoms with Crippen molar-refractivity contribution in [2.24, 2.45) is 11.8 Å². The van der Waals surface area contributed by atoms with Gasteiger partial charge in [-0.1, -0.05) is 36.8 Å². The largest absolute Gasteiger partial charge is 0.481 e. The molecule has 130 valence electrons. The summed E-state index contributed by atoms with van der Waals surface area (Å²) in [6, 6.07) is 8.56. The minimum atomic E-state index is -0.986. The summed E-state index contributed by atoms with van der Waals surface area (Å²) in [6.45, 7) is 0. The van der Waals surface area contributed by atoms with Crippen LogP contribution in [0.1, 0.15) is 31.2 Å². The first kappa shape index (κ1) is 17.9. The zero-order valence-electron chi connectivity index (χ0n) is 13.3. The van der Waals surface area contributed by atoms with E-state index in [0.29, 0.717) is 32.1 Å². The van der Waals surface area contributed by atoms with Crippen molar-refractivity contribution in [3.63, 3.8) is 0 Å². The summed E-state index contributed by atoms with van der Waals surface area (Å²) in [6.07, 6.45) is 2.50. The molecule has 1 aliphatic rings. The highest BCUT2D eigenvalue weighted by atomic mass is 16.5. The van der Waals surface area contributed by atoms with E-state index in [1.165, 1.54) is 0 Å². The number of carboxylic acid groups (broad SMARTS) is 1. The third-order valence-electron chi connectivity index (χ3n) is 4.48. The number of hydroxylamine groups is 1. The van der Waals surface area contributed by atoms with Crippen molar-refractivity contribution in [3.05, 3.63) is 35.9 Å². The Bertz CT molecular complexity index is 590. The summed E-state index contributed by atoms with van der Waals surface area (Å²) in [7, 11) is 0. The lowest BCUT2D eigenvalue weighted by Crippen LogP contribution is -2.49. The molecule has 1 saturated carbocycles. The molecule has 0 bridgehead atoms. The quantitative estimate of drug-likeness (QED) is 0.440. The number of amides is 2. The molecule has 2 rings (SSSR count). The highest BCUT2D eigenvalue weighted by Gasteiger charge is 2.38. The van der Waals surface area contributed by atoms with Gasteiger partial charge in [0.2, 0.25) is 5.91 Å². The first-order valence-electron chi connectivity index (χ1n) is 8.04. The van der Waals surface area contributed by atoms with E-state index in [2.05, 4.69) is 5.32 Å². The topological polar surface area (TPSA) is 116 Å². The average molecular weight is 334 g/mol. The summed E-state index contributed by atoms with van der Waals surface area (Å²) in [5, 5.41) is 20.6. The Morgan fingerprint density at radius 3 is 2.42 bits per heavy atom. The van der Waals surface area contributed by atoms with Crippen LogP contribution in [0.2, 0.25) is 0 Å². The molecule has 0 aliphatic heterocycles. The number of aryl methyl sites for hydroxylation is 1. The van der Waals surface area contributed by atoms with Gasteiger partial charge in [-0.3, -0.25) is 19.6 Å². The molecule has 7 heteroatoms. The van der Waals surface area contributed by atoms with Gasteiger partial charge in [0.15, 0.2) is 0 Å². The SMILES string of the molecule is O=C(NO)C(CCc1ccccc1)NC(=O)[C@H]1CCC[C@H]1C(=O)O. The maximum absolute atomic E-state index is 12.4.